The van der Waals surface area contributed by atoms with E-state index in [1.807, 2.05) is 11.8 Å². The largest absolute Gasteiger partial charge is 0.131 e. The lowest BCUT2D eigenvalue weighted by molar-refractivity contribution is 0.629. The fourth-order valence-corrected chi connectivity index (χ4v) is 3.11. The second-order valence-electron chi connectivity index (χ2n) is 4.61. The Hall–Kier alpha value is 0.0900. The van der Waals surface area contributed by atoms with Crippen molar-refractivity contribution in [3.05, 3.63) is 11.0 Å². The molecule has 0 bridgehead atoms. The van der Waals surface area contributed by atoms with Crippen LogP contribution in [0.25, 0.3) is 0 Å². The summed E-state index contributed by atoms with van der Waals surface area (Å²) < 4.78 is 0. The number of thioether (sulfide) groups is 1. The van der Waals surface area contributed by atoms with Crippen molar-refractivity contribution in [3.8, 4) is 0 Å². The first kappa shape index (κ1) is 12.2. The predicted octanol–water partition coefficient (Wildman–Crippen LogP) is 4.86. The van der Waals surface area contributed by atoms with Crippen molar-refractivity contribution in [2.45, 2.75) is 58.6 Å². The first-order valence-corrected chi connectivity index (χ1v) is 6.94. The van der Waals surface area contributed by atoms with Gasteiger partial charge in [-0.25, -0.2) is 0 Å². The highest BCUT2D eigenvalue weighted by molar-refractivity contribution is 8.02. The summed E-state index contributed by atoms with van der Waals surface area (Å²) in [6.07, 6.45) is 5.50. The molecule has 1 aliphatic carbocycles. The van der Waals surface area contributed by atoms with Gasteiger partial charge in [-0.1, -0.05) is 39.2 Å². The summed E-state index contributed by atoms with van der Waals surface area (Å²) in [6.45, 7) is 9.16. The van der Waals surface area contributed by atoms with E-state index in [0.717, 1.165) is 17.1 Å². The molecule has 0 aromatic heterocycles. The van der Waals surface area contributed by atoms with Crippen molar-refractivity contribution in [1.29, 1.82) is 0 Å². The van der Waals surface area contributed by atoms with Crippen molar-refractivity contribution in [2.24, 2.45) is 11.8 Å². The number of allylic oxidation sites excluding steroid dienone is 1. The van der Waals surface area contributed by atoms with Crippen molar-refractivity contribution < 1.29 is 0 Å². The van der Waals surface area contributed by atoms with Crippen molar-refractivity contribution in [3.63, 3.8) is 0 Å². The molecule has 0 radical (unpaired) electrons. The monoisotopic (exact) mass is 212 g/mol. The zero-order chi connectivity index (χ0) is 10.6. The van der Waals surface area contributed by atoms with Crippen LogP contribution in [0.2, 0.25) is 0 Å². The van der Waals surface area contributed by atoms with Crippen LogP contribution in [0.3, 0.4) is 0 Å². The minimum atomic E-state index is 0.841. The van der Waals surface area contributed by atoms with Gasteiger partial charge in [0.1, 0.15) is 0 Å². The molecule has 0 saturated heterocycles. The average Bonchev–Trinajstić information content (AvgIpc) is 2.93. The average molecular weight is 212 g/mol. The Balaban J connectivity index is 2.21. The number of hydrogen-bond acceptors (Lipinski definition) is 1. The van der Waals surface area contributed by atoms with Crippen LogP contribution >= 0.6 is 11.8 Å². The van der Waals surface area contributed by atoms with E-state index in [4.69, 9.17) is 0 Å². The molecule has 14 heavy (non-hydrogen) atoms. The number of rotatable bonds is 6. The molecule has 1 aliphatic rings. The van der Waals surface area contributed by atoms with Gasteiger partial charge in [0.2, 0.25) is 0 Å². The minimum absolute atomic E-state index is 0.841. The van der Waals surface area contributed by atoms with Crippen LogP contribution in [0.5, 0.6) is 0 Å². The topological polar surface area (TPSA) is 0 Å². The molecule has 1 fully saturated rings. The number of hydrogen-bond donors (Lipinski definition) is 0. The summed E-state index contributed by atoms with van der Waals surface area (Å²) in [6, 6.07) is 0. The maximum absolute atomic E-state index is 2.39. The quantitative estimate of drug-likeness (QED) is 0.606. The Labute approximate surface area is 93.5 Å². The lowest BCUT2D eigenvalue weighted by Crippen LogP contribution is -1.99. The van der Waals surface area contributed by atoms with Gasteiger partial charge in [-0.05, 0) is 37.0 Å². The molecule has 0 amide bonds. The molecule has 1 rings (SSSR count). The van der Waals surface area contributed by atoms with Crippen LogP contribution in [-0.2, 0) is 0 Å². The van der Waals surface area contributed by atoms with E-state index in [-0.39, 0.29) is 0 Å². The van der Waals surface area contributed by atoms with Crippen LogP contribution in [0.15, 0.2) is 11.0 Å². The first-order valence-electron chi connectivity index (χ1n) is 6.00. The molecule has 0 spiro atoms. The van der Waals surface area contributed by atoms with Crippen molar-refractivity contribution in [2.75, 3.05) is 0 Å². The first-order chi connectivity index (χ1) is 6.69. The van der Waals surface area contributed by atoms with E-state index in [1.165, 1.54) is 31.3 Å². The van der Waals surface area contributed by atoms with Crippen LogP contribution in [0, 0.1) is 11.8 Å². The van der Waals surface area contributed by atoms with E-state index in [2.05, 4.69) is 33.1 Å². The van der Waals surface area contributed by atoms with Crippen LogP contribution in [-0.4, -0.2) is 5.25 Å². The summed E-state index contributed by atoms with van der Waals surface area (Å²) >= 11 is 2.05. The van der Waals surface area contributed by atoms with Gasteiger partial charge in [0.25, 0.3) is 0 Å². The molecule has 0 heterocycles. The molecule has 0 aliphatic heterocycles. The standard InChI is InChI=1S/C13H24S/c1-5-7-12-8-13(12)11(4)14-9-10(3)6-2/h9,11-13H,5-8H2,1-4H3. The zero-order valence-electron chi connectivity index (χ0n) is 10.0. The maximum atomic E-state index is 2.39. The SMILES string of the molecule is CCCC1CC1C(C)SC=C(C)CC. The Morgan fingerprint density at radius 2 is 2.21 bits per heavy atom. The smallest absolute Gasteiger partial charge is 0.00911 e. The van der Waals surface area contributed by atoms with E-state index in [1.54, 1.807) is 0 Å². The van der Waals surface area contributed by atoms with Crippen LogP contribution in [0.1, 0.15) is 53.4 Å². The summed E-state index contributed by atoms with van der Waals surface area (Å²) in [4.78, 5) is 0. The van der Waals surface area contributed by atoms with Gasteiger partial charge in [0, 0.05) is 5.25 Å². The summed E-state index contributed by atoms with van der Waals surface area (Å²) in [5.74, 6) is 2.07. The van der Waals surface area contributed by atoms with E-state index >= 15 is 0 Å². The molecule has 82 valence electrons. The highest BCUT2D eigenvalue weighted by Gasteiger charge is 2.39. The van der Waals surface area contributed by atoms with Crippen molar-refractivity contribution in [1.82, 2.24) is 0 Å². The second-order valence-corrected chi connectivity index (χ2v) is 5.86. The van der Waals surface area contributed by atoms with Crippen LogP contribution in [0.4, 0.5) is 0 Å². The Kier molecular flexibility index (Phi) is 5.08. The molecule has 0 aromatic carbocycles. The van der Waals surface area contributed by atoms with Gasteiger partial charge in [0.05, 0.1) is 0 Å². The van der Waals surface area contributed by atoms with Gasteiger partial charge >= 0.3 is 0 Å². The van der Waals surface area contributed by atoms with E-state index in [9.17, 15) is 0 Å². The van der Waals surface area contributed by atoms with E-state index in [0.29, 0.717) is 0 Å². The molecule has 3 unspecified atom stereocenters. The van der Waals surface area contributed by atoms with Gasteiger partial charge in [-0.3, -0.25) is 0 Å². The molecule has 1 saturated carbocycles. The van der Waals surface area contributed by atoms with Gasteiger partial charge in [-0.15, -0.1) is 11.8 Å². The molecule has 3 atom stereocenters. The summed E-state index contributed by atoms with van der Waals surface area (Å²) in [5, 5.41) is 3.21. The zero-order valence-corrected chi connectivity index (χ0v) is 10.9. The predicted molar refractivity (Wildman–Crippen MR) is 67.6 cm³/mol. The Morgan fingerprint density at radius 1 is 1.50 bits per heavy atom. The molecule has 0 N–H and O–H groups in total. The van der Waals surface area contributed by atoms with E-state index < -0.39 is 0 Å². The highest BCUT2D eigenvalue weighted by atomic mass is 32.2. The Morgan fingerprint density at radius 3 is 2.79 bits per heavy atom. The lowest BCUT2D eigenvalue weighted by atomic mass is 10.2. The molecular formula is C13H24S. The third-order valence-electron chi connectivity index (χ3n) is 3.28. The molecular weight excluding hydrogens is 188 g/mol. The third-order valence-corrected chi connectivity index (χ3v) is 4.60. The lowest BCUT2D eigenvalue weighted by Gasteiger charge is -2.08. The highest BCUT2D eigenvalue weighted by Crippen LogP contribution is 2.48. The summed E-state index contributed by atoms with van der Waals surface area (Å²) in [7, 11) is 0. The normalized spacial score (nSPS) is 29.0. The molecule has 0 nitrogen and oxygen atoms in total. The molecule has 0 aromatic rings. The fraction of sp³-hybridized carbons (Fsp3) is 0.846. The fourth-order valence-electron chi connectivity index (χ4n) is 1.96. The summed E-state index contributed by atoms with van der Waals surface area (Å²) in [5.41, 5.74) is 1.52. The molecule has 1 heteroatoms. The van der Waals surface area contributed by atoms with Gasteiger partial charge in [-0.2, -0.15) is 0 Å². The Bertz CT molecular complexity index is 195. The van der Waals surface area contributed by atoms with Gasteiger partial charge in [0.15, 0.2) is 0 Å². The van der Waals surface area contributed by atoms with Crippen LogP contribution < -0.4 is 0 Å². The third kappa shape index (κ3) is 3.68. The van der Waals surface area contributed by atoms with Crippen molar-refractivity contribution >= 4 is 11.8 Å². The minimum Gasteiger partial charge on any atom is -0.131 e. The second kappa shape index (κ2) is 5.85. The maximum Gasteiger partial charge on any atom is 0.00911 e. The van der Waals surface area contributed by atoms with Gasteiger partial charge < -0.3 is 0 Å².